The van der Waals surface area contributed by atoms with Crippen LogP contribution in [0.4, 0.5) is 4.39 Å². The summed E-state index contributed by atoms with van der Waals surface area (Å²) in [5.41, 5.74) is 1.39. The van der Waals surface area contributed by atoms with Crippen LogP contribution >= 0.6 is 24.8 Å². The summed E-state index contributed by atoms with van der Waals surface area (Å²) < 4.78 is 13.6. The third-order valence-electron chi connectivity index (χ3n) is 4.01. The number of hydrogen-bond acceptors (Lipinski definition) is 3. The van der Waals surface area contributed by atoms with Crippen molar-refractivity contribution in [2.45, 2.75) is 25.9 Å². The van der Waals surface area contributed by atoms with E-state index in [0.717, 1.165) is 6.54 Å². The fraction of sp³-hybridized carbons (Fsp3) is 0.429. The number of nitrogens with one attached hydrogen (secondary N) is 2. The van der Waals surface area contributed by atoms with Gasteiger partial charge >= 0.3 is 0 Å². The van der Waals surface area contributed by atoms with Crippen molar-refractivity contribution in [3.8, 4) is 0 Å². The lowest BCUT2D eigenvalue weighted by Crippen LogP contribution is -2.57. The minimum absolute atomic E-state index is 0. The monoisotopic (exact) mass is 348 g/mol. The lowest BCUT2D eigenvalue weighted by Gasteiger charge is -2.38. The molecule has 2 heterocycles. The molecule has 1 saturated heterocycles. The summed E-state index contributed by atoms with van der Waals surface area (Å²) in [4.78, 5) is 21.5. The van der Waals surface area contributed by atoms with E-state index in [4.69, 9.17) is 0 Å². The maximum Gasteiger partial charge on any atom is 0.256 e. The Labute approximate surface area is 140 Å². The zero-order valence-electron chi connectivity index (χ0n) is 12.3. The first kappa shape index (κ1) is 18.7. The maximum absolute atomic E-state index is 13.6. The fourth-order valence-corrected chi connectivity index (χ4v) is 2.68. The van der Waals surface area contributed by atoms with E-state index >= 15 is 0 Å². The second kappa shape index (κ2) is 7.26. The molecule has 1 amide bonds. The van der Waals surface area contributed by atoms with Crippen molar-refractivity contribution in [2.75, 3.05) is 13.1 Å². The number of fused-ring (bicyclic) bond motifs is 1. The molecule has 8 heteroatoms. The molecule has 2 aromatic rings. The first-order chi connectivity index (χ1) is 9.58. The van der Waals surface area contributed by atoms with Crippen LogP contribution in [-0.4, -0.2) is 45.9 Å². The highest BCUT2D eigenvalue weighted by Crippen LogP contribution is 2.21. The fourth-order valence-electron chi connectivity index (χ4n) is 2.68. The van der Waals surface area contributed by atoms with E-state index in [1.54, 1.807) is 4.90 Å². The Balaban J connectivity index is 0.00000121. The molecule has 2 atom stereocenters. The van der Waals surface area contributed by atoms with Crippen LogP contribution in [0.3, 0.4) is 0 Å². The zero-order chi connectivity index (χ0) is 14.3. The van der Waals surface area contributed by atoms with Gasteiger partial charge in [-0.2, -0.15) is 0 Å². The third kappa shape index (κ3) is 3.19. The van der Waals surface area contributed by atoms with E-state index in [1.165, 1.54) is 18.5 Å². The molecule has 1 aliphatic rings. The number of piperazine rings is 1. The molecule has 0 spiro atoms. The van der Waals surface area contributed by atoms with E-state index in [9.17, 15) is 9.18 Å². The number of nitrogens with zero attached hydrogens (tertiary/aromatic N) is 2. The molecule has 0 radical (unpaired) electrons. The number of rotatable bonds is 1. The van der Waals surface area contributed by atoms with Gasteiger partial charge in [0.15, 0.2) is 0 Å². The van der Waals surface area contributed by atoms with E-state index in [2.05, 4.69) is 15.3 Å². The molecule has 22 heavy (non-hydrogen) atoms. The highest BCUT2D eigenvalue weighted by molar-refractivity contribution is 6.05. The Morgan fingerprint density at radius 2 is 2.09 bits per heavy atom. The number of amides is 1. The molecular weight excluding hydrogens is 330 g/mol. The molecule has 1 aromatic carbocycles. The van der Waals surface area contributed by atoms with Crippen LogP contribution in [0.1, 0.15) is 24.2 Å². The standard InChI is InChI=1S/C14H17FN4O.2ClH/c1-8-9(2)19(4-3-16-8)14(20)11-5-10(15)6-12-13(11)18-7-17-12;;/h5-9,16H,3-4H2,1-2H3,(H,17,18);2*1H. The summed E-state index contributed by atoms with van der Waals surface area (Å²) >= 11 is 0. The van der Waals surface area contributed by atoms with Gasteiger partial charge < -0.3 is 15.2 Å². The number of benzene rings is 1. The van der Waals surface area contributed by atoms with Gasteiger partial charge in [0.05, 0.1) is 17.4 Å². The number of aromatic amines is 1. The minimum Gasteiger partial charge on any atom is -0.344 e. The molecule has 1 aromatic heterocycles. The molecule has 1 fully saturated rings. The highest BCUT2D eigenvalue weighted by Gasteiger charge is 2.30. The second-order valence-corrected chi connectivity index (χ2v) is 5.23. The van der Waals surface area contributed by atoms with Gasteiger partial charge in [-0.15, -0.1) is 24.8 Å². The molecule has 0 bridgehead atoms. The molecule has 0 saturated carbocycles. The molecular formula is C14H19Cl2FN4O. The van der Waals surface area contributed by atoms with Gasteiger partial charge in [0.25, 0.3) is 5.91 Å². The van der Waals surface area contributed by atoms with Crippen LogP contribution < -0.4 is 5.32 Å². The second-order valence-electron chi connectivity index (χ2n) is 5.23. The van der Waals surface area contributed by atoms with E-state index in [1.807, 2.05) is 13.8 Å². The first-order valence-electron chi connectivity index (χ1n) is 6.75. The van der Waals surface area contributed by atoms with Crippen molar-refractivity contribution in [3.63, 3.8) is 0 Å². The predicted molar refractivity (Wildman–Crippen MR) is 88.5 cm³/mol. The van der Waals surface area contributed by atoms with Crippen molar-refractivity contribution in [1.82, 2.24) is 20.2 Å². The van der Waals surface area contributed by atoms with Crippen molar-refractivity contribution < 1.29 is 9.18 Å². The van der Waals surface area contributed by atoms with Crippen LogP contribution in [0.5, 0.6) is 0 Å². The number of carbonyl (C=O) groups excluding carboxylic acids is 1. The zero-order valence-corrected chi connectivity index (χ0v) is 13.9. The Bertz CT molecular complexity index is 663. The number of hydrogen-bond donors (Lipinski definition) is 2. The normalized spacial score (nSPS) is 21.1. The molecule has 5 nitrogen and oxygen atoms in total. The Hall–Kier alpha value is -1.37. The number of imidazole rings is 1. The molecule has 2 N–H and O–H groups in total. The number of halogens is 3. The largest absolute Gasteiger partial charge is 0.344 e. The lowest BCUT2D eigenvalue weighted by atomic mass is 10.0. The summed E-state index contributed by atoms with van der Waals surface area (Å²) in [5, 5.41) is 3.32. The highest BCUT2D eigenvalue weighted by atomic mass is 35.5. The molecule has 122 valence electrons. The minimum atomic E-state index is -0.430. The smallest absolute Gasteiger partial charge is 0.256 e. The van der Waals surface area contributed by atoms with Crippen molar-refractivity contribution in [2.24, 2.45) is 0 Å². The molecule has 1 aliphatic heterocycles. The van der Waals surface area contributed by atoms with Crippen LogP contribution in [0, 0.1) is 5.82 Å². The van der Waals surface area contributed by atoms with Gasteiger partial charge in [0, 0.05) is 25.2 Å². The molecule has 3 rings (SSSR count). The quantitative estimate of drug-likeness (QED) is 0.831. The van der Waals surface area contributed by atoms with Crippen molar-refractivity contribution in [1.29, 1.82) is 0 Å². The van der Waals surface area contributed by atoms with Gasteiger partial charge in [-0.1, -0.05) is 0 Å². The Morgan fingerprint density at radius 1 is 1.36 bits per heavy atom. The summed E-state index contributed by atoms with van der Waals surface area (Å²) in [7, 11) is 0. The van der Waals surface area contributed by atoms with Crippen LogP contribution in [0.25, 0.3) is 11.0 Å². The summed E-state index contributed by atoms with van der Waals surface area (Å²) in [6.07, 6.45) is 1.48. The Kier molecular flexibility index (Phi) is 6.17. The van der Waals surface area contributed by atoms with Crippen LogP contribution in [-0.2, 0) is 0 Å². The topological polar surface area (TPSA) is 61.0 Å². The Morgan fingerprint density at radius 3 is 2.82 bits per heavy atom. The van der Waals surface area contributed by atoms with Crippen molar-refractivity contribution in [3.05, 3.63) is 29.8 Å². The van der Waals surface area contributed by atoms with Gasteiger partial charge in [-0.05, 0) is 26.0 Å². The average molecular weight is 349 g/mol. The molecule has 2 unspecified atom stereocenters. The molecule has 0 aliphatic carbocycles. The van der Waals surface area contributed by atoms with E-state index < -0.39 is 5.82 Å². The predicted octanol–water partition coefficient (Wildman–Crippen LogP) is 2.37. The SMILES string of the molecule is CC1NCCN(C(=O)c2cc(F)cc3[nH]cnc23)C1C.Cl.Cl. The van der Waals surface area contributed by atoms with Gasteiger partial charge in [0.2, 0.25) is 0 Å². The van der Waals surface area contributed by atoms with Crippen LogP contribution in [0.2, 0.25) is 0 Å². The van der Waals surface area contributed by atoms with Crippen molar-refractivity contribution >= 4 is 41.8 Å². The summed E-state index contributed by atoms with van der Waals surface area (Å²) in [5.74, 6) is -0.594. The van der Waals surface area contributed by atoms with Gasteiger partial charge in [0.1, 0.15) is 11.3 Å². The van der Waals surface area contributed by atoms with E-state index in [-0.39, 0.29) is 42.8 Å². The first-order valence-corrected chi connectivity index (χ1v) is 6.75. The summed E-state index contributed by atoms with van der Waals surface area (Å²) in [6, 6.07) is 2.90. The van der Waals surface area contributed by atoms with Gasteiger partial charge in [-0.3, -0.25) is 4.79 Å². The summed E-state index contributed by atoms with van der Waals surface area (Å²) in [6.45, 7) is 5.40. The average Bonchev–Trinajstić information content (AvgIpc) is 2.88. The maximum atomic E-state index is 13.6. The number of H-pyrrole nitrogens is 1. The number of carbonyl (C=O) groups is 1. The lowest BCUT2D eigenvalue weighted by molar-refractivity contribution is 0.0604. The number of aromatic nitrogens is 2. The van der Waals surface area contributed by atoms with Crippen LogP contribution in [0.15, 0.2) is 18.5 Å². The van der Waals surface area contributed by atoms with Gasteiger partial charge in [-0.25, -0.2) is 9.37 Å². The third-order valence-corrected chi connectivity index (χ3v) is 4.01. The van der Waals surface area contributed by atoms with E-state index in [0.29, 0.717) is 23.1 Å².